The van der Waals surface area contributed by atoms with E-state index >= 15 is 0 Å². The number of ether oxygens (including phenoxy) is 1. The van der Waals surface area contributed by atoms with Gasteiger partial charge in [0.05, 0.1) is 13.7 Å². The molecule has 1 fully saturated rings. The van der Waals surface area contributed by atoms with Crippen molar-refractivity contribution in [2.24, 2.45) is 5.92 Å². The van der Waals surface area contributed by atoms with Crippen molar-refractivity contribution in [1.29, 1.82) is 0 Å². The fourth-order valence-corrected chi connectivity index (χ4v) is 2.30. The zero-order valence-corrected chi connectivity index (χ0v) is 10.8. The van der Waals surface area contributed by atoms with Crippen molar-refractivity contribution in [3.63, 3.8) is 0 Å². The van der Waals surface area contributed by atoms with E-state index in [-0.39, 0.29) is 11.5 Å². The number of hydrogen-bond donors (Lipinski definition) is 0. The Morgan fingerprint density at radius 1 is 1.56 bits per heavy atom. The smallest absolute Gasteiger partial charge is 0.176 e. The van der Waals surface area contributed by atoms with Gasteiger partial charge in [-0.15, -0.1) is 0 Å². The van der Waals surface area contributed by atoms with Crippen LogP contribution in [0.3, 0.4) is 0 Å². The lowest BCUT2D eigenvalue weighted by molar-refractivity contribution is 0.0943. The molecule has 1 atom stereocenters. The normalized spacial score (nSPS) is 20.1. The molecule has 0 aromatic heterocycles. The number of benzene rings is 1. The standard InChI is InChI=1S/C14H18FNO2/c1-10-5-6-16(8-10)9-13(17)11-3-4-14(18-2)12(15)7-11/h3-4,7,10H,5-6,8-9H2,1-2H3. The highest BCUT2D eigenvalue weighted by Gasteiger charge is 2.21. The molecule has 0 amide bonds. The molecule has 1 aliphatic rings. The molecule has 0 aliphatic carbocycles. The first-order chi connectivity index (χ1) is 8.60. The van der Waals surface area contributed by atoms with Crippen molar-refractivity contribution in [1.82, 2.24) is 4.90 Å². The summed E-state index contributed by atoms with van der Waals surface area (Å²) in [5, 5.41) is 0. The Morgan fingerprint density at radius 2 is 2.33 bits per heavy atom. The molecule has 0 spiro atoms. The van der Waals surface area contributed by atoms with E-state index in [1.165, 1.54) is 19.2 Å². The van der Waals surface area contributed by atoms with Gasteiger partial charge in [-0.05, 0) is 37.1 Å². The second-order valence-corrected chi connectivity index (χ2v) is 4.90. The molecule has 0 bridgehead atoms. The minimum absolute atomic E-state index is 0.0364. The minimum Gasteiger partial charge on any atom is -0.494 e. The Bertz CT molecular complexity index is 447. The molecule has 1 aromatic carbocycles. The van der Waals surface area contributed by atoms with Crippen molar-refractivity contribution < 1.29 is 13.9 Å². The Morgan fingerprint density at radius 3 is 2.89 bits per heavy atom. The number of methoxy groups -OCH3 is 1. The zero-order valence-electron chi connectivity index (χ0n) is 10.8. The quantitative estimate of drug-likeness (QED) is 0.769. The molecule has 2 rings (SSSR count). The lowest BCUT2D eigenvalue weighted by atomic mass is 10.1. The maximum atomic E-state index is 13.5. The summed E-state index contributed by atoms with van der Waals surface area (Å²) in [5.74, 6) is 0.288. The van der Waals surface area contributed by atoms with Crippen molar-refractivity contribution in [3.05, 3.63) is 29.6 Å². The van der Waals surface area contributed by atoms with Gasteiger partial charge in [-0.1, -0.05) is 6.92 Å². The van der Waals surface area contributed by atoms with E-state index in [4.69, 9.17) is 4.74 Å². The summed E-state index contributed by atoms with van der Waals surface area (Å²) in [7, 11) is 1.41. The second kappa shape index (κ2) is 5.48. The van der Waals surface area contributed by atoms with Gasteiger partial charge >= 0.3 is 0 Å². The summed E-state index contributed by atoms with van der Waals surface area (Å²) in [6, 6.07) is 4.36. The number of nitrogens with zero attached hydrogens (tertiary/aromatic N) is 1. The van der Waals surface area contributed by atoms with Crippen LogP contribution in [0.15, 0.2) is 18.2 Å². The van der Waals surface area contributed by atoms with Crippen LogP contribution in [0.4, 0.5) is 4.39 Å². The highest BCUT2D eigenvalue weighted by molar-refractivity contribution is 5.97. The first-order valence-electron chi connectivity index (χ1n) is 6.19. The Kier molecular flexibility index (Phi) is 3.97. The highest BCUT2D eigenvalue weighted by atomic mass is 19.1. The van der Waals surface area contributed by atoms with Gasteiger partial charge in [0.2, 0.25) is 0 Å². The van der Waals surface area contributed by atoms with Gasteiger partial charge in [0.15, 0.2) is 17.3 Å². The van der Waals surface area contributed by atoms with E-state index < -0.39 is 5.82 Å². The number of Topliss-reactive ketones (excluding diaryl/α,β-unsaturated/α-hetero) is 1. The number of rotatable bonds is 4. The topological polar surface area (TPSA) is 29.5 Å². The molecule has 1 heterocycles. The summed E-state index contributed by atoms with van der Waals surface area (Å²) in [4.78, 5) is 14.1. The Balaban J connectivity index is 2.02. The second-order valence-electron chi connectivity index (χ2n) is 4.90. The van der Waals surface area contributed by atoms with E-state index in [1.54, 1.807) is 6.07 Å². The van der Waals surface area contributed by atoms with E-state index in [0.29, 0.717) is 18.0 Å². The zero-order chi connectivity index (χ0) is 13.1. The number of likely N-dealkylation sites (tertiary alicyclic amines) is 1. The number of carbonyl (C=O) groups excluding carboxylic acids is 1. The Labute approximate surface area is 107 Å². The van der Waals surface area contributed by atoms with Crippen LogP contribution in [0.2, 0.25) is 0 Å². The maximum Gasteiger partial charge on any atom is 0.176 e. The third-order valence-corrected chi connectivity index (χ3v) is 3.35. The maximum absolute atomic E-state index is 13.5. The fourth-order valence-electron chi connectivity index (χ4n) is 2.30. The summed E-state index contributed by atoms with van der Waals surface area (Å²) in [5.41, 5.74) is 0.410. The van der Waals surface area contributed by atoms with Crippen LogP contribution in [-0.2, 0) is 0 Å². The molecule has 0 saturated carbocycles. The first-order valence-corrected chi connectivity index (χ1v) is 6.19. The largest absolute Gasteiger partial charge is 0.494 e. The third kappa shape index (κ3) is 2.88. The van der Waals surface area contributed by atoms with Gasteiger partial charge in [0.1, 0.15) is 0 Å². The molecule has 1 aromatic rings. The summed E-state index contributed by atoms with van der Waals surface area (Å²) >= 11 is 0. The molecule has 1 unspecified atom stereocenters. The molecule has 4 heteroatoms. The molecule has 1 aliphatic heterocycles. The molecule has 3 nitrogen and oxygen atoms in total. The number of carbonyl (C=O) groups is 1. The molecule has 18 heavy (non-hydrogen) atoms. The molecule has 1 saturated heterocycles. The van der Waals surface area contributed by atoms with Crippen LogP contribution in [0.25, 0.3) is 0 Å². The lowest BCUT2D eigenvalue weighted by Crippen LogP contribution is -2.27. The summed E-state index contributed by atoms with van der Waals surface area (Å²) < 4.78 is 18.3. The van der Waals surface area contributed by atoms with Crippen molar-refractivity contribution in [2.75, 3.05) is 26.7 Å². The van der Waals surface area contributed by atoms with Crippen LogP contribution in [0.1, 0.15) is 23.7 Å². The Hall–Kier alpha value is -1.42. The first kappa shape index (κ1) is 13.0. The van der Waals surface area contributed by atoms with E-state index in [0.717, 1.165) is 19.5 Å². The van der Waals surface area contributed by atoms with E-state index in [9.17, 15) is 9.18 Å². The minimum atomic E-state index is -0.488. The van der Waals surface area contributed by atoms with Crippen LogP contribution in [0, 0.1) is 11.7 Å². The molecular weight excluding hydrogens is 233 g/mol. The van der Waals surface area contributed by atoms with Crippen LogP contribution >= 0.6 is 0 Å². The molecular formula is C14H18FNO2. The number of ketones is 1. The van der Waals surface area contributed by atoms with Gasteiger partial charge < -0.3 is 4.74 Å². The summed E-state index contributed by atoms with van der Waals surface area (Å²) in [6.45, 7) is 4.45. The van der Waals surface area contributed by atoms with Gasteiger partial charge in [0, 0.05) is 12.1 Å². The van der Waals surface area contributed by atoms with E-state index in [2.05, 4.69) is 11.8 Å². The van der Waals surface area contributed by atoms with Crippen LogP contribution in [-0.4, -0.2) is 37.4 Å². The average molecular weight is 251 g/mol. The van der Waals surface area contributed by atoms with Crippen molar-refractivity contribution in [3.8, 4) is 5.75 Å². The highest BCUT2D eigenvalue weighted by Crippen LogP contribution is 2.19. The van der Waals surface area contributed by atoms with E-state index in [1.807, 2.05) is 0 Å². The third-order valence-electron chi connectivity index (χ3n) is 3.35. The van der Waals surface area contributed by atoms with Gasteiger partial charge in [0.25, 0.3) is 0 Å². The monoisotopic (exact) mass is 251 g/mol. The molecule has 98 valence electrons. The lowest BCUT2D eigenvalue weighted by Gasteiger charge is -2.14. The molecule has 0 radical (unpaired) electrons. The predicted molar refractivity (Wildman–Crippen MR) is 67.5 cm³/mol. The van der Waals surface area contributed by atoms with Gasteiger partial charge in [-0.2, -0.15) is 0 Å². The fraction of sp³-hybridized carbons (Fsp3) is 0.500. The SMILES string of the molecule is COc1ccc(C(=O)CN2CCC(C)C2)cc1F. The van der Waals surface area contributed by atoms with Crippen molar-refractivity contribution in [2.45, 2.75) is 13.3 Å². The van der Waals surface area contributed by atoms with Gasteiger partial charge in [-0.3, -0.25) is 9.69 Å². The number of hydrogen-bond acceptors (Lipinski definition) is 3. The predicted octanol–water partition coefficient (Wildman–Crippen LogP) is 2.36. The summed E-state index contributed by atoms with van der Waals surface area (Å²) in [6.07, 6.45) is 1.13. The van der Waals surface area contributed by atoms with Crippen LogP contribution < -0.4 is 4.74 Å². The van der Waals surface area contributed by atoms with Gasteiger partial charge in [-0.25, -0.2) is 4.39 Å². The number of halogens is 1. The van der Waals surface area contributed by atoms with Crippen molar-refractivity contribution >= 4 is 5.78 Å². The average Bonchev–Trinajstić information content (AvgIpc) is 2.74. The van der Waals surface area contributed by atoms with Crippen LogP contribution in [0.5, 0.6) is 5.75 Å². The molecule has 0 N–H and O–H groups in total.